The molecule has 2 rings (SSSR count). The number of amides is 1. The predicted octanol–water partition coefficient (Wildman–Crippen LogP) is 2.58. The fourth-order valence-electron chi connectivity index (χ4n) is 1.41. The smallest absolute Gasteiger partial charge is 0.295 e. The Bertz CT molecular complexity index is 579. The molecule has 18 heavy (non-hydrogen) atoms. The van der Waals surface area contributed by atoms with E-state index in [4.69, 9.17) is 11.6 Å². The molecule has 0 bridgehead atoms. The van der Waals surface area contributed by atoms with Crippen LogP contribution in [0.3, 0.4) is 0 Å². The molecule has 0 saturated carbocycles. The number of hydrogen-bond acceptors (Lipinski definition) is 3. The van der Waals surface area contributed by atoms with E-state index in [1.165, 1.54) is 0 Å². The van der Waals surface area contributed by atoms with Crippen molar-refractivity contribution in [2.75, 3.05) is 5.32 Å². The van der Waals surface area contributed by atoms with Crippen LogP contribution in [0.5, 0.6) is 0 Å². The molecule has 0 atom stereocenters. The SMILES string of the molecule is CCc1nc(C(=O)Nc2ccc(C)c(Cl)c2)n[nH]1. The van der Waals surface area contributed by atoms with E-state index in [1.54, 1.807) is 12.1 Å². The van der Waals surface area contributed by atoms with Crippen LogP contribution in [-0.2, 0) is 6.42 Å². The number of carbonyl (C=O) groups excluding carboxylic acids is 1. The van der Waals surface area contributed by atoms with E-state index in [-0.39, 0.29) is 11.7 Å². The minimum atomic E-state index is -0.356. The lowest BCUT2D eigenvalue weighted by Gasteiger charge is -2.04. The number of rotatable bonds is 3. The minimum absolute atomic E-state index is 0.128. The van der Waals surface area contributed by atoms with Crippen LogP contribution in [0.4, 0.5) is 5.69 Å². The standard InChI is InChI=1S/C12H13ClN4O/c1-3-10-15-11(17-16-10)12(18)14-8-5-4-7(2)9(13)6-8/h4-6H,3H2,1-2H3,(H,14,18)(H,15,16,17). The van der Waals surface area contributed by atoms with Gasteiger partial charge in [-0.1, -0.05) is 24.6 Å². The Morgan fingerprint density at radius 3 is 2.89 bits per heavy atom. The number of halogens is 1. The second-order valence-electron chi connectivity index (χ2n) is 3.88. The van der Waals surface area contributed by atoms with Crippen LogP contribution in [0, 0.1) is 6.92 Å². The zero-order chi connectivity index (χ0) is 13.1. The largest absolute Gasteiger partial charge is 0.319 e. The van der Waals surface area contributed by atoms with E-state index in [2.05, 4.69) is 20.5 Å². The molecule has 0 aliphatic carbocycles. The van der Waals surface area contributed by atoms with E-state index < -0.39 is 0 Å². The predicted molar refractivity (Wildman–Crippen MR) is 69.9 cm³/mol. The lowest BCUT2D eigenvalue weighted by molar-refractivity contribution is 0.101. The number of benzene rings is 1. The highest BCUT2D eigenvalue weighted by Crippen LogP contribution is 2.20. The van der Waals surface area contributed by atoms with Gasteiger partial charge in [0.2, 0.25) is 5.82 Å². The Hall–Kier alpha value is -1.88. The van der Waals surface area contributed by atoms with Crippen molar-refractivity contribution in [3.05, 3.63) is 40.4 Å². The average molecular weight is 265 g/mol. The van der Waals surface area contributed by atoms with Crippen molar-refractivity contribution in [2.45, 2.75) is 20.3 Å². The molecule has 0 fully saturated rings. The van der Waals surface area contributed by atoms with Crippen molar-refractivity contribution in [3.63, 3.8) is 0 Å². The average Bonchev–Trinajstić information content (AvgIpc) is 2.82. The quantitative estimate of drug-likeness (QED) is 0.895. The maximum absolute atomic E-state index is 11.8. The summed E-state index contributed by atoms with van der Waals surface area (Å²) < 4.78 is 0. The number of H-pyrrole nitrogens is 1. The van der Waals surface area contributed by atoms with Crippen molar-refractivity contribution < 1.29 is 4.79 Å². The Labute approximate surface area is 110 Å². The third kappa shape index (κ3) is 2.68. The fourth-order valence-corrected chi connectivity index (χ4v) is 1.59. The minimum Gasteiger partial charge on any atom is -0.319 e. The van der Waals surface area contributed by atoms with Gasteiger partial charge >= 0.3 is 0 Å². The third-order valence-corrected chi connectivity index (χ3v) is 2.91. The number of nitrogens with one attached hydrogen (secondary N) is 2. The second kappa shape index (κ2) is 5.18. The summed E-state index contributed by atoms with van der Waals surface area (Å²) in [5, 5.41) is 9.84. The highest BCUT2D eigenvalue weighted by Gasteiger charge is 2.12. The first-order valence-corrected chi connectivity index (χ1v) is 5.96. The first-order valence-electron chi connectivity index (χ1n) is 5.59. The van der Waals surface area contributed by atoms with Crippen molar-refractivity contribution in [1.29, 1.82) is 0 Å². The summed E-state index contributed by atoms with van der Waals surface area (Å²) in [6.45, 7) is 3.83. The van der Waals surface area contributed by atoms with Crippen molar-refractivity contribution in [1.82, 2.24) is 15.2 Å². The van der Waals surface area contributed by atoms with E-state index in [9.17, 15) is 4.79 Å². The summed E-state index contributed by atoms with van der Waals surface area (Å²) in [7, 11) is 0. The molecule has 0 saturated heterocycles. The van der Waals surface area contributed by atoms with Gasteiger partial charge in [-0.05, 0) is 24.6 Å². The zero-order valence-corrected chi connectivity index (χ0v) is 10.9. The molecule has 1 aromatic heterocycles. The van der Waals surface area contributed by atoms with Crippen LogP contribution in [0.1, 0.15) is 28.9 Å². The molecule has 0 aliphatic heterocycles. The van der Waals surface area contributed by atoms with Crippen molar-refractivity contribution in [3.8, 4) is 0 Å². The van der Waals surface area contributed by atoms with Crippen molar-refractivity contribution in [2.24, 2.45) is 0 Å². The third-order valence-electron chi connectivity index (χ3n) is 2.50. The summed E-state index contributed by atoms with van der Waals surface area (Å²) in [4.78, 5) is 15.9. The van der Waals surface area contributed by atoms with Gasteiger partial charge in [0.05, 0.1) is 0 Å². The van der Waals surface area contributed by atoms with Gasteiger partial charge in [0, 0.05) is 17.1 Å². The Kier molecular flexibility index (Phi) is 3.62. The zero-order valence-electron chi connectivity index (χ0n) is 10.1. The molecule has 6 heteroatoms. The van der Waals surface area contributed by atoms with Gasteiger partial charge in [0.1, 0.15) is 5.82 Å². The number of aromatic nitrogens is 3. The molecule has 94 valence electrons. The molecular weight excluding hydrogens is 252 g/mol. The van der Waals surface area contributed by atoms with E-state index in [1.807, 2.05) is 19.9 Å². The number of anilines is 1. The van der Waals surface area contributed by atoms with Crippen molar-refractivity contribution >= 4 is 23.2 Å². The van der Waals surface area contributed by atoms with Gasteiger partial charge in [0.15, 0.2) is 0 Å². The second-order valence-corrected chi connectivity index (χ2v) is 4.28. The maximum atomic E-state index is 11.8. The topological polar surface area (TPSA) is 70.7 Å². The van der Waals surface area contributed by atoms with Crippen LogP contribution in [0.2, 0.25) is 5.02 Å². The molecule has 1 amide bonds. The summed E-state index contributed by atoms with van der Waals surface area (Å²) in [6.07, 6.45) is 0.705. The van der Waals surface area contributed by atoms with Gasteiger partial charge in [-0.2, -0.15) is 0 Å². The lowest BCUT2D eigenvalue weighted by atomic mass is 10.2. The molecule has 2 aromatic rings. The number of nitrogens with zero attached hydrogens (tertiary/aromatic N) is 2. The maximum Gasteiger partial charge on any atom is 0.295 e. The van der Waals surface area contributed by atoms with Gasteiger partial charge in [-0.15, -0.1) is 5.10 Å². The van der Waals surface area contributed by atoms with Gasteiger partial charge in [-0.25, -0.2) is 4.98 Å². The Morgan fingerprint density at radius 2 is 2.28 bits per heavy atom. The molecule has 0 aliphatic rings. The molecule has 5 nitrogen and oxygen atoms in total. The monoisotopic (exact) mass is 264 g/mol. The number of aryl methyl sites for hydroxylation is 2. The fraction of sp³-hybridized carbons (Fsp3) is 0.250. The van der Waals surface area contributed by atoms with Gasteiger partial charge in [0.25, 0.3) is 5.91 Å². The highest BCUT2D eigenvalue weighted by molar-refractivity contribution is 6.31. The Morgan fingerprint density at radius 1 is 1.50 bits per heavy atom. The molecule has 2 N–H and O–H groups in total. The van der Waals surface area contributed by atoms with Crippen LogP contribution in [0.15, 0.2) is 18.2 Å². The van der Waals surface area contributed by atoms with Crippen LogP contribution < -0.4 is 5.32 Å². The normalized spacial score (nSPS) is 10.4. The molecule has 0 radical (unpaired) electrons. The number of carbonyl (C=O) groups is 1. The number of aromatic amines is 1. The van der Waals surface area contributed by atoms with Gasteiger partial charge in [-0.3, -0.25) is 9.89 Å². The van der Waals surface area contributed by atoms with Gasteiger partial charge < -0.3 is 5.32 Å². The lowest BCUT2D eigenvalue weighted by Crippen LogP contribution is -2.13. The summed E-state index contributed by atoms with van der Waals surface area (Å²) in [5.41, 5.74) is 1.58. The van der Waals surface area contributed by atoms with E-state index >= 15 is 0 Å². The molecule has 0 unspecified atom stereocenters. The molecular formula is C12H13ClN4O. The van der Waals surface area contributed by atoms with E-state index in [0.29, 0.717) is 23.0 Å². The molecule has 0 spiro atoms. The highest BCUT2D eigenvalue weighted by atomic mass is 35.5. The summed E-state index contributed by atoms with van der Waals surface area (Å²) in [5.74, 6) is 0.455. The Balaban J connectivity index is 2.13. The van der Waals surface area contributed by atoms with Crippen LogP contribution >= 0.6 is 11.6 Å². The van der Waals surface area contributed by atoms with Crippen LogP contribution in [-0.4, -0.2) is 21.1 Å². The first kappa shape index (κ1) is 12.6. The van der Waals surface area contributed by atoms with E-state index in [0.717, 1.165) is 5.56 Å². The summed E-state index contributed by atoms with van der Waals surface area (Å²) in [6, 6.07) is 5.32. The summed E-state index contributed by atoms with van der Waals surface area (Å²) >= 11 is 5.98. The number of hydrogen-bond donors (Lipinski definition) is 2. The first-order chi connectivity index (χ1) is 8.60. The molecule has 1 aromatic carbocycles. The van der Waals surface area contributed by atoms with Crippen LogP contribution in [0.25, 0.3) is 0 Å². The molecule has 1 heterocycles.